The van der Waals surface area contributed by atoms with E-state index < -0.39 is 0 Å². The molecule has 25 heavy (non-hydrogen) atoms. The number of carbonyl (C=O) groups excluding carboxylic acids is 1. The number of nitrogens with zero attached hydrogens (tertiary/aromatic N) is 2. The molecule has 1 heterocycles. The zero-order valence-corrected chi connectivity index (χ0v) is 14.5. The highest BCUT2D eigenvalue weighted by atomic mass is 35.5. The molecule has 128 valence electrons. The van der Waals surface area contributed by atoms with Gasteiger partial charge < -0.3 is 10.1 Å². The van der Waals surface area contributed by atoms with Crippen molar-refractivity contribution in [3.8, 4) is 5.75 Å². The highest BCUT2D eigenvalue weighted by Gasteiger charge is 2.07. The number of aromatic nitrogens is 2. The first-order valence-electron chi connectivity index (χ1n) is 7.86. The fourth-order valence-corrected chi connectivity index (χ4v) is 2.59. The van der Waals surface area contributed by atoms with Gasteiger partial charge in [-0.05, 0) is 36.2 Å². The molecule has 0 aliphatic rings. The highest BCUT2D eigenvalue weighted by molar-refractivity contribution is 6.30. The van der Waals surface area contributed by atoms with Crippen LogP contribution in [0.5, 0.6) is 5.75 Å². The zero-order chi connectivity index (χ0) is 17.6. The summed E-state index contributed by atoms with van der Waals surface area (Å²) < 4.78 is 7.26. The molecule has 5 nitrogen and oxygen atoms in total. The number of anilines is 1. The van der Waals surface area contributed by atoms with Crippen LogP contribution in [0.3, 0.4) is 0 Å². The van der Waals surface area contributed by atoms with Crippen LogP contribution in [0.1, 0.15) is 11.1 Å². The Bertz CT molecular complexity index is 876. The summed E-state index contributed by atoms with van der Waals surface area (Å²) in [5.74, 6) is 0.931. The first-order chi connectivity index (χ1) is 12.1. The summed E-state index contributed by atoms with van der Waals surface area (Å²) >= 11 is 5.98. The Hall–Kier alpha value is -2.79. The Morgan fingerprint density at radius 2 is 2.04 bits per heavy atom. The van der Waals surface area contributed by atoms with Gasteiger partial charge in [0, 0.05) is 17.3 Å². The SMILES string of the molecule is Cc1ccccc1OCC(=O)Nc1ccn(Cc2cccc(Cl)c2)n1. The number of amides is 1. The van der Waals surface area contributed by atoms with E-state index in [0.29, 0.717) is 23.1 Å². The number of hydrogen-bond donors (Lipinski definition) is 1. The van der Waals surface area contributed by atoms with Crippen LogP contribution in [0.25, 0.3) is 0 Å². The summed E-state index contributed by atoms with van der Waals surface area (Å²) in [5, 5.41) is 7.75. The van der Waals surface area contributed by atoms with Gasteiger partial charge in [-0.2, -0.15) is 5.10 Å². The minimum absolute atomic E-state index is 0.0635. The number of rotatable bonds is 6. The molecule has 6 heteroatoms. The van der Waals surface area contributed by atoms with E-state index >= 15 is 0 Å². The van der Waals surface area contributed by atoms with Crippen LogP contribution in [0.15, 0.2) is 60.8 Å². The number of nitrogens with one attached hydrogen (secondary N) is 1. The van der Waals surface area contributed by atoms with E-state index in [9.17, 15) is 4.79 Å². The van der Waals surface area contributed by atoms with E-state index in [4.69, 9.17) is 16.3 Å². The standard InChI is InChI=1S/C19H18ClN3O2/c1-14-5-2-3-8-17(14)25-13-19(24)21-18-9-10-23(22-18)12-15-6-4-7-16(20)11-15/h2-11H,12-13H2,1H3,(H,21,22,24). The molecule has 0 fully saturated rings. The van der Waals surface area contributed by atoms with Crippen LogP contribution >= 0.6 is 11.6 Å². The second-order valence-corrected chi connectivity index (χ2v) is 6.07. The Kier molecular flexibility index (Phi) is 5.36. The molecule has 0 aliphatic carbocycles. The summed E-state index contributed by atoms with van der Waals surface area (Å²) in [6.45, 7) is 2.45. The molecule has 0 spiro atoms. The van der Waals surface area contributed by atoms with Crippen LogP contribution in [0, 0.1) is 6.92 Å². The van der Waals surface area contributed by atoms with Crippen LogP contribution < -0.4 is 10.1 Å². The van der Waals surface area contributed by atoms with Gasteiger partial charge in [0.15, 0.2) is 12.4 Å². The molecule has 1 N–H and O–H groups in total. The number of aryl methyl sites for hydroxylation is 1. The van der Waals surface area contributed by atoms with E-state index in [1.54, 1.807) is 16.9 Å². The van der Waals surface area contributed by atoms with E-state index in [1.165, 1.54) is 0 Å². The largest absolute Gasteiger partial charge is 0.483 e. The monoisotopic (exact) mass is 355 g/mol. The van der Waals surface area contributed by atoms with Crippen molar-refractivity contribution >= 4 is 23.3 Å². The van der Waals surface area contributed by atoms with Gasteiger partial charge in [0.1, 0.15) is 5.75 Å². The normalized spacial score (nSPS) is 10.5. The summed E-state index contributed by atoms with van der Waals surface area (Å²) in [6, 6.07) is 16.9. The molecule has 0 aliphatic heterocycles. The van der Waals surface area contributed by atoms with Gasteiger partial charge in [-0.3, -0.25) is 9.48 Å². The number of benzene rings is 2. The molecule has 0 bridgehead atoms. The molecule has 3 aromatic rings. The Labute approximate surface area is 151 Å². The second kappa shape index (κ2) is 7.85. The fraction of sp³-hybridized carbons (Fsp3) is 0.158. The van der Waals surface area contributed by atoms with Crippen molar-refractivity contribution < 1.29 is 9.53 Å². The summed E-state index contributed by atoms with van der Waals surface area (Å²) in [5.41, 5.74) is 2.03. The third-order valence-electron chi connectivity index (χ3n) is 3.59. The molecule has 3 rings (SSSR count). The Morgan fingerprint density at radius 1 is 1.20 bits per heavy atom. The third kappa shape index (κ3) is 4.84. The Morgan fingerprint density at radius 3 is 2.84 bits per heavy atom. The van der Waals surface area contributed by atoms with Gasteiger partial charge in [-0.25, -0.2) is 0 Å². The van der Waals surface area contributed by atoms with E-state index in [0.717, 1.165) is 11.1 Å². The average Bonchev–Trinajstić information content (AvgIpc) is 3.01. The van der Waals surface area contributed by atoms with Crippen molar-refractivity contribution in [3.63, 3.8) is 0 Å². The molecule has 2 aromatic carbocycles. The lowest BCUT2D eigenvalue weighted by atomic mass is 10.2. The van der Waals surface area contributed by atoms with Crippen LogP contribution in [0.2, 0.25) is 5.02 Å². The minimum atomic E-state index is -0.253. The first-order valence-corrected chi connectivity index (χ1v) is 8.24. The van der Waals surface area contributed by atoms with Crippen LogP contribution in [-0.2, 0) is 11.3 Å². The van der Waals surface area contributed by atoms with Crippen molar-refractivity contribution in [2.45, 2.75) is 13.5 Å². The smallest absolute Gasteiger partial charge is 0.263 e. The summed E-state index contributed by atoms with van der Waals surface area (Å²) in [4.78, 5) is 12.0. The van der Waals surface area contributed by atoms with Crippen LogP contribution in [-0.4, -0.2) is 22.3 Å². The predicted molar refractivity (Wildman–Crippen MR) is 98.1 cm³/mol. The van der Waals surface area contributed by atoms with E-state index in [1.807, 2.05) is 55.5 Å². The second-order valence-electron chi connectivity index (χ2n) is 5.63. The number of para-hydroxylation sites is 1. The van der Waals surface area contributed by atoms with Gasteiger partial charge in [0.25, 0.3) is 5.91 Å². The van der Waals surface area contributed by atoms with Crippen molar-refractivity contribution in [2.24, 2.45) is 0 Å². The highest BCUT2D eigenvalue weighted by Crippen LogP contribution is 2.16. The van der Waals surface area contributed by atoms with Crippen molar-refractivity contribution in [3.05, 3.63) is 76.9 Å². The van der Waals surface area contributed by atoms with Crippen LogP contribution in [0.4, 0.5) is 5.82 Å². The molecular weight excluding hydrogens is 338 g/mol. The van der Waals surface area contributed by atoms with Gasteiger partial charge in [0.05, 0.1) is 6.54 Å². The molecule has 0 atom stereocenters. The molecule has 0 radical (unpaired) electrons. The number of halogens is 1. The lowest BCUT2D eigenvalue weighted by Crippen LogP contribution is -2.20. The molecular formula is C19H18ClN3O2. The molecule has 0 saturated carbocycles. The third-order valence-corrected chi connectivity index (χ3v) is 3.83. The molecule has 0 unspecified atom stereocenters. The quantitative estimate of drug-likeness (QED) is 0.729. The van der Waals surface area contributed by atoms with Gasteiger partial charge in [-0.1, -0.05) is 41.9 Å². The lowest BCUT2D eigenvalue weighted by molar-refractivity contribution is -0.118. The van der Waals surface area contributed by atoms with E-state index in [-0.39, 0.29) is 12.5 Å². The van der Waals surface area contributed by atoms with Gasteiger partial charge >= 0.3 is 0 Å². The Balaban J connectivity index is 1.54. The average molecular weight is 356 g/mol. The first kappa shape index (κ1) is 17.0. The number of carbonyl (C=O) groups is 1. The van der Waals surface area contributed by atoms with E-state index in [2.05, 4.69) is 10.4 Å². The summed E-state index contributed by atoms with van der Waals surface area (Å²) in [7, 11) is 0. The number of ether oxygens (including phenoxy) is 1. The predicted octanol–water partition coefficient (Wildman–Crippen LogP) is 3.91. The zero-order valence-electron chi connectivity index (χ0n) is 13.8. The minimum Gasteiger partial charge on any atom is -0.483 e. The van der Waals surface area contributed by atoms with Gasteiger partial charge in [-0.15, -0.1) is 0 Å². The maximum atomic E-state index is 12.0. The maximum absolute atomic E-state index is 12.0. The summed E-state index contributed by atoms with van der Waals surface area (Å²) in [6.07, 6.45) is 1.80. The lowest BCUT2D eigenvalue weighted by Gasteiger charge is -2.08. The topological polar surface area (TPSA) is 56.1 Å². The molecule has 1 amide bonds. The maximum Gasteiger partial charge on any atom is 0.263 e. The van der Waals surface area contributed by atoms with Crippen molar-refractivity contribution in [1.82, 2.24) is 9.78 Å². The molecule has 1 aromatic heterocycles. The van der Waals surface area contributed by atoms with Crippen molar-refractivity contribution in [2.75, 3.05) is 11.9 Å². The molecule has 0 saturated heterocycles. The van der Waals surface area contributed by atoms with Crippen molar-refractivity contribution in [1.29, 1.82) is 0 Å². The number of hydrogen-bond acceptors (Lipinski definition) is 3. The van der Waals surface area contributed by atoms with Gasteiger partial charge in [0.2, 0.25) is 0 Å². The fourth-order valence-electron chi connectivity index (χ4n) is 2.38.